The molecule has 1 saturated carbocycles. The molecule has 0 spiro atoms. The van der Waals surface area contributed by atoms with Gasteiger partial charge in [0.1, 0.15) is 0 Å². The van der Waals surface area contributed by atoms with E-state index in [9.17, 15) is 0 Å². The van der Waals surface area contributed by atoms with Crippen molar-refractivity contribution in [3.8, 4) is 0 Å². The van der Waals surface area contributed by atoms with Crippen LogP contribution < -0.4 is 5.73 Å². The average Bonchev–Trinajstić information content (AvgIpc) is 3.01. The normalized spacial score (nSPS) is 20.8. The fourth-order valence-corrected chi connectivity index (χ4v) is 2.41. The second-order valence-corrected chi connectivity index (χ2v) is 5.15. The molecule has 2 aliphatic rings. The Labute approximate surface area is 96.8 Å². The Balaban J connectivity index is 1.67. The highest BCUT2D eigenvalue weighted by atomic mass is 16.5. The molecule has 1 aromatic rings. The highest BCUT2D eigenvalue weighted by Crippen LogP contribution is 2.35. The lowest BCUT2D eigenvalue weighted by Gasteiger charge is -2.12. The molecule has 0 radical (unpaired) electrons. The van der Waals surface area contributed by atoms with E-state index in [1.165, 1.54) is 36.0 Å². The molecule has 1 heterocycles. The number of rotatable bonds is 4. The van der Waals surface area contributed by atoms with Crippen LogP contribution in [0.25, 0.3) is 0 Å². The van der Waals surface area contributed by atoms with Crippen molar-refractivity contribution in [2.45, 2.75) is 44.9 Å². The molecule has 1 fully saturated rings. The Bertz CT molecular complexity index is 384. The van der Waals surface area contributed by atoms with Gasteiger partial charge in [0.05, 0.1) is 13.2 Å². The summed E-state index contributed by atoms with van der Waals surface area (Å²) >= 11 is 0. The van der Waals surface area contributed by atoms with Gasteiger partial charge in [-0.3, -0.25) is 0 Å². The van der Waals surface area contributed by atoms with Crippen LogP contribution in [-0.2, 0) is 18.0 Å². The maximum atomic E-state index is 6.22. The van der Waals surface area contributed by atoms with Crippen LogP contribution in [0.5, 0.6) is 0 Å². The molecule has 0 saturated heterocycles. The Morgan fingerprint density at radius 3 is 2.88 bits per heavy atom. The van der Waals surface area contributed by atoms with E-state index < -0.39 is 0 Å². The second-order valence-electron chi connectivity index (χ2n) is 5.15. The second kappa shape index (κ2) is 4.19. The molecule has 1 aromatic carbocycles. The van der Waals surface area contributed by atoms with E-state index in [0.717, 1.165) is 25.6 Å². The predicted molar refractivity (Wildman–Crippen MR) is 63.8 cm³/mol. The van der Waals surface area contributed by atoms with Crippen LogP contribution in [0.3, 0.4) is 0 Å². The van der Waals surface area contributed by atoms with E-state index in [1.54, 1.807) is 0 Å². The summed E-state index contributed by atoms with van der Waals surface area (Å²) in [6, 6.07) is 6.80. The van der Waals surface area contributed by atoms with Crippen LogP contribution in [0.1, 0.15) is 48.4 Å². The third-order valence-electron chi connectivity index (χ3n) is 3.76. The first-order chi connectivity index (χ1) is 7.83. The van der Waals surface area contributed by atoms with Gasteiger partial charge in [-0.2, -0.15) is 0 Å². The molecule has 2 nitrogen and oxygen atoms in total. The summed E-state index contributed by atoms with van der Waals surface area (Å²) in [7, 11) is 0. The smallest absolute Gasteiger partial charge is 0.0725 e. The van der Waals surface area contributed by atoms with Crippen molar-refractivity contribution < 1.29 is 4.74 Å². The summed E-state index contributed by atoms with van der Waals surface area (Å²) in [5, 5.41) is 0. The molecule has 86 valence electrons. The lowest BCUT2D eigenvalue weighted by atomic mass is 9.98. The van der Waals surface area contributed by atoms with Gasteiger partial charge >= 0.3 is 0 Å². The summed E-state index contributed by atoms with van der Waals surface area (Å²) in [6.07, 6.45) is 5.27. The highest BCUT2D eigenvalue weighted by molar-refractivity contribution is 5.34. The standard InChI is InChI=1S/C14H19NO/c15-14(6-3-10-1-2-10)11-4-5-12-8-16-9-13(12)7-11/h4-5,7,10,14H,1-3,6,8-9,15H2. The monoisotopic (exact) mass is 217 g/mol. The maximum Gasteiger partial charge on any atom is 0.0725 e. The summed E-state index contributed by atoms with van der Waals surface area (Å²) in [4.78, 5) is 0. The first kappa shape index (κ1) is 10.3. The number of benzene rings is 1. The van der Waals surface area contributed by atoms with Gasteiger partial charge in [-0.25, -0.2) is 0 Å². The predicted octanol–water partition coefficient (Wildman–Crippen LogP) is 2.91. The largest absolute Gasteiger partial charge is 0.372 e. The van der Waals surface area contributed by atoms with Gasteiger partial charge in [-0.1, -0.05) is 31.0 Å². The third kappa shape index (κ3) is 2.13. The van der Waals surface area contributed by atoms with Crippen molar-refractivity contribution in [1.82, 2.24) is 0 Å². The maximum absolute atomic E-state index is 6.22. The molecule has 16 heavy (non-hydrogen) atoms. The topological polar surface area (TPSA) is 35.2 Å². The zero-order valence-corrected chi connectivity index (χ0v) is 9.61. The Morgan fingerprint density at radius 2 is 2.06 bits per heavy atom. The molecule has 0 bridgehead atoms. The molecular weight excluding hydrogens is 198 g/mol. The summed E-state index contributed by atoms with van der Waals surface area (Å²) < 4.78 is 5.42. The van der Waals surface area contributed by atoms with Gasteiger partial charge in [0.2, 0.25) is 0 Å². The molecule has 0 aromatic heterocycles. The molecule has 2 heteroatoms. The molecule has 1 atom stereocenters. The highest BCUT2D eigenvalue weighted by Gasteiger charge is 2.22. The Hall–Kier alpha value is -0.860. The van der Waals surface area contributed by atoms with E-state index >= 15 is 0 Å². The Morgan fingerprint density at radius 1 is 1.25 bits per heavy atom. The van der Waals surface area contributed by atoms with E-state index in [4.69, 9.17) is 10.5 Å². The number of fused-ring (bicyclic) bond motifs is 1. The van der Waals surface area contributed by atoms with Crippen LogP contribution in [0.2, 0.25) is 0 Å². The molecule has 2 N–H and O–H groups in total. The van der Waals surface area contributed by atoms with Crippen molar-refractivity contribution in [1.29, 1.82) is 0 Å². The summed E-state index contributed by atoms with van der Waals surface area (Å²) in [6.45, 7) is 1.53. The van der Waals surface area contributed by atoms with Gasteiger partial charge in [0.15, 0.2) is 0 Å². The van der Waals surface area contributed by atoms with E-state index in [0.29, 0.717) is 0 Å². The SMILES string of the molecule is NC(CCC1CC1)c1ccc2c(c1)COC2. The lowest BCUT2D eigenvalue weighted by molar-refractivity contribution is 0.134. The zero-order chi connectivity index (χ0) is 11.0. The third-order valence-corrected chi connectivity index (χ3v) is 3.76. The first-order valence-electron chi connectivity index (χ1n) is 6.28. The fourth-order valence-electron chi connectivity index (χ4n) is 2.41. The summed E-state index contributed by atoms with van der Waals surface area (Å²) in [5.74, 6) is 0.976. The number of hydrogen-bond donors (Lipinski definition) is 1. The van der Waals surface area contributed by atoms with Crippen LogP contribution >= 0.6 is 0 Å². The van der Waals surface area contributed by atoms with Crippen LogP contribution in [0.4, 0.5) is 0 Å². The van der Waals surface area contributed by atoms with Gasteiger partial charge in [-0.15, -0.1) is 0 Å². The molecule has 1 aliphatic carbocycles. The van der Waals surface area contributed by atoms with Gasteiger partial charge in [-0.05, 0) is 35.4 Å². The van der Waals surface area contributed by atoms with Crippen molar-refractivity contribution >= 4 is 0 Å². The van der Waals surface area contributed by atoms with E-state index in [1.807, 2.05) is 0 Å². The fraction of sp³-hybridized carbons (Fsp3) is 0.571. The molecule has 1 aliphatic heterocycles. The van der Waals surface area contributed by atoms with Crippen molar-refractivity contribution in [2.24, 2.45) is 11.7 Å². The van der Waals surface area contributed by atoms with Crippen molar-refractivity contribution in [3.05, 3.63) is 34.9 Å². The number of hydrogen-bond acceptors (Lipinski definition) is 2. The minimum absolute atomic E-state index is 0.214. The van der Waals surface area contributed by atoms with Gasteiger partial charge in [0, 0.05) is 6.04 Å². The lowest BCUT2D eigenvalue weighted by Crippen LogP contribution is -2.10. The summed E-state index contributed by atoms with van der Waals surface area (Å²) in [5.41, 5.74) is 10.2. The number of nitrogens with two attached hydrogens (primary N) is 1. The van der Waals surface area contributed by atoms with Gasteiger partial charge < -0.3 is 10.5 Å². The first-order valence-corrected chi connectivity index (χ1v) is 6.28. The van der Waals surface area contributed by atoms with E-state index in [2.05, 4.69) is 18.2 Å². The zero-order valence-electron chi connectivity index (χ0n) is 9.61. The minimum atomic E-state index is 0.214. The molecular formula is C14H19NO. The van der Waals surface area contributed by atoms with Crippen molar-refractivity contribution in [3.63, 3.8) is 0 Å². The van der Waals surface area contributed by atoms with Crippen molar-refractivity contribution in [2.75, 3.05) is 0 Å². The average molecular weight is 217 g/mol. The quantitative estimate of drug-likeness (QED) is 0.841. The van der Waals surface area contributed by atoms with Crippen LogP contribution in [0, 0.1) is 5.92 Å². The van der Waals surface area contributed by atoms with E-state index in [-0.39, 0.29) is 6.04 Å². The Kier molecular flexibility index (Phi) is 2.70. The number of ether oxygens (including phenoxy) is 1. The van der Waals surface area contributed by atoms with Crippen LogP contribution in [0.15, 0.2) is 18.2 Å². The van der Waals surface area contributed by atoms with Crippen LogP contribution in [-0.4, -0.2) is 0 Å². The molecule has 1 unspecified atom stereocenters. The molecule has 3 rings (SSSR count). The minimum Gasteiger partial charge on any atom is -0.372 e. The molecule has 0 amide bonds. The van der Waals surface area contributed by atoms with Gasteiger partial charge in [0.25, 0.3) is 0 Å².